The highest BCUT2D eigenvalue weighted by atomic mass is 35.5. The quantitative estimate of drug-likeness (QED) is 0.869. The maximum absolute atomic E-state index is 6.23. The lowest BCUT2D eigenvalue weighted by molar-refractivity contribution is 0.429. The van der Waals surface area contributed by atoms with Gasteiger partial charge >= 0.3 is 0 Å². The minimum atomic E-state index is 0.194. The van der Waals surface area contributed by atoms with E-state index >= 15 is 0 Å². The van der Waals surface area contributed by atoms with Crippen molar-refractivity contribution in [2.75, 3.05) is 0 Å². The SMILES string of the molecule is NC(Cc1c(Cl)cccc1Cl)C1CCCC1. The van der Waals surface area contributed by atoms with Crippen molar-refractivity contribution in [3.8, 4) is 0 Å². The van der Waals surface area contributed by atoms with Gasteiger partial charge in [-0.1, -0.05) is 42.1 Å². The third-order valence-electron chi connectivity index (χ3n) is 3.51. The molecule has 0 aliphatic heterocycles. The minimum Gasteiger partial charge on any atom is -0.327 e. The molecule has 88 valence electrons. The molecular formula is C13H17Cl2N. The van der Waals surface area contributed by atoms with Gasteiger partial charge in [-0.3, -0.25) is 0 Å². The number of rotatable bonds is 3. The van der Waals surface area contributed by atoms with Crippen molar-refractivity contribution in [2.45, 2.75) is 38.1 Å². The van der Waals surface area contributed by atoms with E-state index in [9.17, 15) is 0 Å². The van der Waals surface area contributed by atoms with Gasteiger partial charge in [-0.15, -0.1) is 0 Å². The third kappa shape index (κ3) is 2.71. The van der Waals surface area contributed by atoms with Crippen molar-refractivity contribution in [3.63, 3.8) is 0 Å². The van der Waals surface area contributed by atoms with Crippen LogP contribution in [-0.4, -0.2) is 6.04 Å². The molecule has 1 aliphatic carbocycles. The van der Waals surface area contributed by atoms with Gasteiger partial charge in [-0.05, 0) is 42.9 Å². The van der Waals surface area contributed by atoms with Crippen molar-refractivity contribution >= 4 is 23.2 Å². The van der Waals surface area contributed by atoms with E-state index in [1.165, 1.54) is 25.7 Å². The molecule has 1 saturated carbocycles. The topological polar surface area (TPSA) is 26.0 Å². The van der Waals surface area contributed by atoms with Gasteiger partial charge in [0.15, 0.2) is 0 Å². The predicted molar refractivity (Wildman–Crippen MR) is 70.1 cm³/mol. The van der Waals surface area contributed by atoms with E-state index in [0.29, 0.717) is 5.92 Å². The summed E-state index contributed by atoms with van der Waals surface area (Å²) < 4.78 is 0. The molecule has 0 amide bonds. The van der Waals surface area contributed by atoms with Crippen LogP contribution in [0.15, 0.2) is 18.2 Å². The zero-order valence-electron chi connectivity index (χ0n) is 9.26. The fraction of sp³-hybridized carbons (Fsp3) is 0.538. The lowest BCUT2D eigenvalue weighted by atomic mass is 9.93. The molecule has 0 spiro atoms. The molecule has 1 aliphatic rings. The molecule has 1 nitrogen and oxygen atoms in total. The second-order valence-corrected chi connectivity index (χ2v) is 5.43. The average Bonchev–Trinajstić information content (AvgIpc) is 2.76. The fourth-order valence-corrected chi connectivity index (χ4v) is 3.07. The third-order valence-corrected chi connectivity index (χ3v) is 4.22. The Hall–Kier alpha value is -0.240. The van der Waals surface area contributed by atoms with Gasteiger partial charge in [0, 0.05) is 16.1 Å². The summed E-state index contributed by atoms with van der Waals surface area (Å²) in [6, 6.07) is 5.82. The average molecular weight is 258 g/mol. The van der Waals surface area contributed by atoms with Gasteiger partial charge in [0.25, 0.3) is 0 Å². The molecule has 0 saturated heterocycles. The lowest BCUT2D eigenvalue weighted by Gasteiger charge is -2.20. The van der Waals surface area contributed by atoms with E-state index in [0.717, 1.165) is 22.0 Å². The Morgan fingerprint density at radius 1 is 1.19 bits per heavy atom. The molecule has 1 fully saturated rings. The van der Waals surface area contributed by atoms with Crippen LogP contribution in [0.3, 0.4) is 0 Å². The first-order valence-corrected chi connectivity index (χ1v) is 6.62. The molecule has 1 atom stereocenters. The molecule has 2 N–H and O–H groups in total. The monoisotopic (exact) mass is 257 g/mol. The van der Waals surface area contributed by atoms with E-state index in [1.54, 1.807) is 0 Å². The summed E-state index contributed by atoms with van der Waals surface area (Å²) in [6.45, 7) is 0. The van der Waals surface area contributed by atoms with Gasteiger partial charge in [0.2, 0.25) is 0 Å². The van der Waals surface area contributed by atoms with Crippen LogP contribution in [0.2, 0.25) is 10.0 Å². The van der Waals surface area contributed by atoms with Gasteiger partial charge in [0.1, 0.15) is 0 Å². The first kappa shape index (κ1) is 12.2. The molecule has 0 aromatic heterocycles. The molecule has 3 heteroatoms. The summed E-state index contributed by atoms with van der Waals surface area (Å²) in [5.41, 5.74) is 7.24. The Morgan fingerprint density at radius 3 is 2.31 bits per heavy atom. The first-order chi connectivity index (χ1) is 7.68. The van der Waals surface area contributed by atoms with Crippen LogP contribution in [0, 0.1) is 5.92 Å². The summed E-state index contributed by atoms with van der Waals surface area (Å²) in [7, 11) is 0. The van der Waals surface area contributed by atoms with Crippen LogP contribution in [-0.2, 0) is 6.42 Å². The summed E-state index contributed by atoms with van der Waals surface area (Å²) >= 11 is 12.3. The second kappa shape index (κ2) is 5.39. The molecular weight excluding hydrogens is 241 g/mol. The van der Waals surface area contributed by atoms with Gasteiger partial charge in [-0.25, -0.2) is 0 Å². The zero-order valence-corrected chi connectivity index (χ0v) is 10.8. The number of benzene rings is 1. The van der Waals surface area contributed by atoms with Crippen molar-refractivity contribution in [3.05, 3.63) is 33.8 Å². The highest BCUT2D eigenvalue weighted by molar-refractivity contribution is 6.35. The molecule has 1 unspecified atom stereocenters. The summed E-state index contributed by atoms with van der Waals surface area (Å²) in [4.78, 5) is 0. The number of hydrogen-bond donors (Lipinski definition) is 1. The highest BCUT2D eigenvalue weighted by Crippen LogP contribution is 2.31. The standard InChI is InChI=1S/C13H17Cl2N/c14-11-6-3-7-12(15)10(11)8-13(16)9-4-1-2-5-9/h3,6-7,9,13H,1-2,4-5,8,16H2. The normalized spacial score (nSPS) is 18.9. The van der Waals surface area contributed by atoms with Crippen molar-refractivity contribution in [1.29, 1.82) is 0 Å². The van der Waals surface area contributed by atoms with Crippen molar-refractivity contribution in [2.24, 2.45) is 11.7 Å². The molecule has 16 heavy (non-hydrogen) atoms. The van der Waals surface area contributed by atoms with Crippen LogP contribution in [0.25, 0.3) is 0 Å². The van der Waals surface area contributed by atoms with E-state index < -0.39 is 0 Å². The lowest BCUT2D eigenvalue weighted by Crippen LogP contribution is -2.30. The van der Waals surface area contributed by atoms with E-state index in [2.05, 4.69) is 0 Å². The maximum Gasteiger partial charge on any atom is 0.0453 e. The van der Waals surface area contributed by atoms with Crippen molar-refractivity contribution < 1.29 is 0 Å². The predicted octanol–water partition coefficient (Wildman–Crippen LogP) is 4.05. The zero-order chi connectivity index (χ0) is 11.5. The molecule has 0 radical (unpaired) electrons. The van der Waals surface area contributed by atoms with Crippen LogP contribution >= 0.6 is 23.2 Å². The summed E-state index contributed by atoms with van der Waals surface area (Å²) in [5.74, 6) is 0.646. The van der Waals surface area contributed by atoms with Crippen LogP contribution in [0.1, 0.15) is 31.2 Å². The smallest absolute Gasteiger partial charge is 0.0453 e. The second-order valence-electron chi connectivity index (χ2n) is 4.61. The van der Waals surface area contributed by atoms with E-state index in [4.69, 9.17) is 28.9 Å². The van der Waals surface area contributed by atoms with E-state index in [-0.39, 0.29) is 6.04 Å². The highest BCUT2D eigenvalue weighted by Gasteiger charge is 2.23. The van der Waals surface area contributed by atoms with E-state index in [1.807, 2.05) is 18.2 Å². The summed E-state index contributed by atoms with van der Waals surface area (Å²) in [5, 5.41) is 1.47. The molecule has 1 aromatic carbocycles. The molecule has 2 rings (SSSR count). The van der Waals surface area contributed by atoms with Crippen molar-refractivity contribution in [1.82, 2.24) is 0 Å². The largest absolute Gasteiger partial charge is 0.327 e. The Bertz CT molecular complexity index is 339. The molecule has 0 bridgehead atoms. The Labute approximate surface area is 107 Å². The fourth-order valence-electron chi connectivity index (χ4n) is 2.52. The van der Waals surface area contributed by atoms with Crippen LogP contribution in [0.4, 0.5) is 0 Å². The van der Waals surface area contributed by atoms with Gasteiger partial charge in [-0.2, -0.15) is 0 Å². The Morgan fingerprint density at radius 2 is 1.75 bits per heavy atom. The number of hydrogen-bond acceptors (Lipinski definition) is 1. The summed E-state index contributed by atoms with van der Waals surface area (Å²) in [6.07, 6.45) is 5.93. The van der Waals surface area contributed by atoms with Gasteiger partial charge in [0.05, 0.1) is 0 Å². The Balaban J connectivity index is 2.07. The van der Waals surface area contributed by atoms with Gasteiger partial charge < -0.3 is 5.73 Å². The minimum absolute atomic E-state index is 0.194. The molecule has 0 heterocycles. The number of halogens is 2. The Kier molecular flexibility index (Phi) is 4.12. The number of nitrogens with two attached hydrogens (primary N) is 1. The van der Waals surface area contributed by atoms with Crippen LogP contribution < -0.4 is 5.73 Å². The van der Waals surface area contributed by atoms with Crippen LogP contribution in [0.5, 0.6) is 0 Å². The maximum atomic E-state index is 6.23. The first-order valence-electron chi connectivity index (χ1n) is 5.87. The molecule has 1 aromatic rings.